The van der Waals surface area contributed by atoms with Gasteiger partial charge in [-0.25, -0.2) is 15.0 Å². The fourth-order valence-corrected chi connectivity index (χ4v) is 7.00. The van der Waals surface area contributed by atoms with Crippen molar-refractivity contribution in [3.05, 3.63) is 72.1 Å². The smallest absolute Gasteiger partial charge is 0.268 e. The Balaban J connectivity index is 1.23. The summed E-state index contributed by atoms with van der Waals surface area (Å²) in [5.74, 6) is 0.441. The Morgan fingerprint density at radius 2 is 1.97 bits per heavy atom. The number of aromatic nitrogens is 4. The number of thiophene rings is 1. The average molecular weight is 527 g/mol. The molecule has 1 aromatic carbocycles. The summed E-state index contributed by atoms with van der Waals surface area (Å²) in [4.78, 5) is 42.2. The summed E-state index contributed by atoms with van der Waals surface area (Å²) in [6, 6.07) is 12.1. The number of hydrogen-bond acceptors (Lipinski definition) is 6. The van der Waals surface area contributed by atoms with Crippen LogP contribution in [0.5, 0.6) is 0 Å². The van der Waals surface area contributed by atoms with E-state index < -0.39 is 0 Å². The number of nitrogens with one attached hydrogen (secondary N) is 1. The Labute approximate surface area is 225 Å². The van der Waals surface area contributed by atoms with Crippen LogP contribution in [0.15, 0.2) is 61.6 Å². The van der Waals surface area contributed by atoms with Gasteiger partial charge in [-0.05, 0) is 74.8 Å². The summed E-state index contributed by atoms with van der Waals surface area (Å²) in [6.07, 6.45) is 9.83. The molecule has 1 aliphatic heterocycles. The van der Waals surface area contributed by atoms with Crippen molar-refractivity contribution in [3.63, 3.8) is 0 Å². The molecule has 1 aliphatic carbocycles. The average Bonchev–Trinajstić information content (AvgIpc) is 3.67. The van der Waals surface area contributed by atoms with Crippen LogP contribution in [0.4, 0.5) is 5.95 Å². The van der Waals surface area contributed by atoms with Crippen LogP contribution in [0, 0.1) is 12.3 Å². The highest BCUT2D eigenvalue weighted by Gasteiger charge is 2.42. The second-order valence-corrected chi connectivity index (χ2v) is 11.5. The molecule has 2 fully saturated rings. The maximum atomic E-state index is 13.4. The van der Waals surface area contributed by atoms with E-state index >= 15 is 0 Å². The Morgan fingerprint density at radius 3 is 2.76 bits per heavy atom. The summed E-state index contributed by atoms with van der Waals surface area (Å²) in [7, 11) is 0. The van der Waals surface area contributed by atoms with E-state index in [1.165, 1.54) is 23.7 Å². The van der Waals surface area contributed by atoms with E-state index in [4.69, 9.17) is 4.98 Å². The summed E-state index contributed by atoms with van der Waals surface area (Å²) >= 11 is 1.42. The molecule has 0 radical (unpaired) electrons. The van der Waals surface area contributed by atoms with Gasteiger partial charge in [-0.3, -0.25) is 14.9 Å². The van der Waals surface area contributed by atoms with E-state index in [9.17, 15) is 9.59 Å². The summed E-state index contributed by atoms with van der Waals surface area (Å²) in [5, 5.41) is 3.11. The van der Waals surface area contributed by atoms with Gasteiger partial charge in [0.25, 0.3) is 5.91 Å². The van der Waals surface area contributed by atoms with Crippen LogP contribution in [-0.4, -0.2) is 49.3 Å². The van der Waals surface area contributed by atoms with Crippen molar-refractivity contribution in [2.24, 2.45) is 5.41 Å². The molecule has 194 valence electrons. The molecule has 0 bridgehead atoms. The van der Waals surface area contributed by atoms with Gasteiger partial charge in [0.05, 0.1) is 15.9 Å². The van der Waals surface area contributed by atoms with Crippen molar-refractivity contribution >= 4 is 40.1 Å². The molecule has 0 atom stereocenters. The lowest BCUT2D eigenvalue weighted by Gasteiger charge is -2.38. The van der Waals surface area contributed by atoms with Gasteiger partial charge in [-0.15, -0.1) is 11.3 Å². The van der Waals surface area contributed by atoms with Crippen LogP contribution in [0.1, 0.15) is 53.5 Å². The molecule has 38 heavy (non-hydrogen) atoms. The van der Waals surface area contributed by atoms with Crippen LogP contribution < -0.4 is 5.32 Å². The van der Waals surface area contributed by atoms with Gasteiger partial charge in [0.15, 0.2) is 0 Å². The van der Waals surface area contributed by atoms with Crippen LogP contribution in [0.2, 0.25) is 0 Å². The van der Waals surface area contributed by atoms with E-state index in [1.54, 1.807) is 6.20 Å². The van der Waals surface area contributed by atoms with Crippen molar-refractivity contribution in [3.8, 4) is 10.4 Å². The second kappa shape index (κ2) is 9.79. The first-order valence-corrected chi connectivity index (χ1v) is 13.8. The lowest BCUT2D eigenvalue weighted by atomic mass is 9.72. The highest BCUT2D eigenvalue weighted by Crippen LogP contribution is 2.48. The number of hydrogen-bond donors (Lipinski definition) is 1. The lowest BCUT2D eigenvalue weighted by Crippen LogP contribution is -2.34. The zero-order valence-corrected chi connectivity index (χ0v) is 22.2. The van der Waals surface area contributed by atoms with E-state index in [2.05, 4.69) is 32.5 Å². The summed E-state index contributed by atoms with van der Waals surface area (Å²) < 4.78 is 2.21. The fourth-order valence-electron chi connectivity index (χ4n) is 6.04. The maximum Gasteiger partial charge on any atom is 0.268 e. The number of nitrogens with zero attached hydrogens (tertiary/aromatic N) is 5. The topological polar surface area (TPSA) is 93.0 Å². The standard InChI is InChI=1S/C29H30N6O2S/c1-3-26(36)34-15-14-29(17-34)12-10-20(11-13-29)35-23-7-5-4-6-22(23)32-28(35)33-27(37)25-9-8-24(38-25)21-16-30-18-31-19(21)2/h3-9,16,18,20H,1,10-15,17H2,2H3,(H,32,33,37). The number of imidazole rings is 1. The molecule has 2 amide bonds. The number of carbonyl (C=O) groups is 2. The van der Waals surface area contributed by atoms with E-state index in [0.29, 0.717) is 10.8 Å². The van der Waals surface area contributed by atoms with Gasteiger partial charge >= 0.3 is 0 Å². The molecule has 4 heterocycles. The summed E-state index contributed by atoms with van der Waals surface area (Å²) in [6.45, 7) is 7.21. The number of benzene rings is 1. The monoisotopic (exact) mass is 526 g/mol. The van der Waals surface area contributed by atoms with Crippen molar-refractivity contribution in [2.45, 2.75) is 45.1 Å². The normalized spacial score (nSPS) is 21.2. The first-order valence-electron chi connectivity index (χ1n) is 13.0. The Morgan fingerprint density at radius 1 is 1.16 bits per heavy atom. The third kappa shape index (κ3) is 4.41. The third-order valence-corrected chi connectivity index (χ3v) is 9.25. The SMILES string of the molecule is C=CC(=O)N1CCC2(CCC(n3c(NC(=O)c4ccc(-c5cncnc5C)s4)nc4ccccc43)CC2)C1. The molecule has 0 unspecified atom stereocenters. The number of aryl methyl sites for hydroxylation is 1. The third-order valence-electron chi connectivity index (χ3n) is 8.13. The summed E-state index contributed by atoms with van der Waals surface area (Å²) in [5.41, 5.74) is 3.89. The first-order chi connectivity index (χ1) is 18.5. The molecule has 6 rings (SSSR count). The van der Waals surface area contributed by atoms with Crippen LogP contribution >= 0.6 is 11.3 Å². The van der Waals surface area contributed by atoms with Gasteiger partial charge in [0, 0.05) is 41.5 Å². The molecule has 8 nitrogen and oxygen atoms in total. The molecule has 1 saturated heterocycles. The van der Waals surface area contributed by atoms with Crippen LogP contribution in [0.3, 0.4) is 0 Å². The van der Waals surface area contributed by atoms with Crippen LogP contribution in [0.25, 0.3) is 21.5 Å². The number of fused-ring (bicyclic) bond motifs is 1. The molecule has 9 heteroatoms. The predicted molar refractivity (Wildman–Crippen MR) is 149 cm³/mol. The Hall–Kier alpha value is -3.85. The molecule has 1 spiro atoms. The Kier molecular flexibility index (Phi) is 6.31. The quantitative estimate of drug-likeness (QED) is 0.340. The van der Waals surface area contributed by atoms with Gasteiger partial charge in [-0.2, -0.15) is 0 Å². The lowest BCUT2D eigenvalue weighted by molar-refractivity contribution is -0.125. The number of likely N-dealkylation sites (tertiary alicyclic amines) is 1. The maximum absolute atomic E-state index is 13.4. The highest BCUT2D eigenvalue weighted by molar-refractivity contribution is 7.17. The minimum atomic E-state index is -0.172. The zero-order valence-electron chi connectivity index (χ0n) is 21.4. The van der Waals surface area contributed by atoms with Crippen molar-refractivity contribution in [1.82, 2.24) is 24.4 Å². The van der Waals surface area contributed by atoms with Crippen LogP contribution in [-0.2, 0) is 4.79 Å². The zero-order chi connectivity index (χ0) is 26.3. The highest BCUT2D eigenvalue weighted by atomic mass is 32.1. The molecule has 1 N–H and O–H groups in total. The largest absolute Gasteiger partial charge is 0.339 e. The Bertz CT molecular complexity index is 1530. The van der Waals surface area contributed by atoms with Crippen molar-refractivity contribution in [1.29, 1.82) is 0 Å². The van der Waals surface area contributed by atoms with Gasteiger partial charge < -0.3 is 9.47 Å². The van der Waals surface area contributed by atoms with E-state index in [0.717, 1.165) is 72.4 Å². The number of carbonyl (C=O) groups excluding carboxylic acids is 2. The van der Waals surface area contributed by atoms with Gasteiger partial charge in [0.2, 0.25) is 11.9 Å². The van der Waals surface area contributed by atoms with Gasteiger partial charge in [0.1, 0.15) is 6.33 Å². The first kappa shape index (κ1) is 24.5. The van der Waals surface area contributed by atoms with E-state index in [-0.39, 0.29) is 23.3 Å². The molecule has 3 aromatic heterocycles. The number of anilines is 1. The van der Waals surface area contributed by atoms with Crippen molar-refractivity contribution < 1.29 is 9.59 Å². The predicted octanol–water partition coefficient (Wildman–Crippen LogP) is 5.64. The molecular weight excluding hydrogens is 496 g/mol. The van der Waals surface area contributed by atoms with Crippen molar-refractivity contribution in [2.75, 3.05) is 18.4 Å². The minimum absolute atomic E-state index is 0.0290. The van der Waals surface area contributed by atoms with E-state index in [1.807, 2.05) is 42.2 Å². The second-order valence-electron chi connectivity index (χ2n) is 10.4. The number of rotatable bonds is 5. The molecular formula is C29H30N6O2S. The number of para-hydroxylation sites is 2. The van der Waals surface area contributed by atoms with Gasteiger partial charge in [-0.1, -0.05) is 18.7 Å². The number of amides is 2. The minimum Gasteiger partial charge on any atom is -0.339 e. The molecule has 2 aliphatic rings. The molecule has 4 aromatic rings. The molecule has 1 saturated carbocycles. The fraction of sp³-hybridized carbons (Fsp3) is 0.345.